The van der Waals surface area contributed by atoms with Crippen molar-refractivity contribution in [2.45, 2.75) is 13.3 Å². The zero-order valence-electron chi connectivity index (χ0n) is 9.14. The second kappa shape index (κ2) is 5.90. The molecule has 0 fully saturated rings. The van der Waals surface area contributed by atoms with Crippen LogP contribution in [0.4, 0.5) is 0 Å². The summed E-state index contributed by atoms with van der Waals surface area (Å²) in [4.78, 5) is 21.7. The van der Waals surface area contributed by atoms with Crippen LogP contribution in [0.5, 0.6) is 0 Å². The minimum Gasteiger partial charge on any atom is -0.481 e. The monoisotopic (exact) mass is 221 g/mol. The van der Waals surface area contributed by atoms with E-state index in [-0.39, 0.29) is 12.5 Å². The fourth-order valence-electron chi connectivity index (χ4n) is 1.41. The number of carbonyl (C=O) groups excluding carboxylic acids is 1. The fraction of sp³-hybridized carbons (Fsp3) is 0.333. The van der Waals surface area contributed by atoms with E-state index in [4.69, 9.17) is 5.11 Å². The largest absolute Gasteiger partial charge is 0.481 e. The average Bonchev–Trinajstić information content (AvgIpc) is 2.25. The maximum absolute atomic E-state index is 11.0. The van der Waals surface area contributed by atoms with E-state index in [1.807, 2.05) is 30.3 Å². The van der Waals surface area contributed by atoms with Crippen molar-refractivity contribution in [2.75, 3.05) is 6.54 Å². The van der Waals surface area contributed by atoms with Gasteiger partial charge in [0.05, 0.1) is 5.92 Å². The molecule has 0 heterocycles. The van der Waals surface area contributed by atoms with Crippen LogP contribution in [0, 0.1) is 5.92 Å². The quantitative estimate of drug-likeness (QED) is 0.781. The van der Waals surface area contributed by atoms with E-state index in [2.05, 4.69) is 5.32 Å². The molecule has 0 unspecified atom stereocenters. The highest BCUT2D eigenvalue weighted by Crippen LogP contribution is 2.08. The maximum atomic E-state index is 11.0. The van der Waals surface area contributed by atoms with Gasteiger partial charge in [0, 0.05) is 13.5 Å². The van der Waals surface area contributed by atoms with E-state index in [1.165, 1.54) is 6.92 Å². The Kier molecular flexibility index (Phi) is 4.51. The Morgan fingerprint density at radius 2 is 1.94 bits per heavy atom. The molecule has 1 aromatic rings. The third-order valence-electron chi connectivity index (χ3n) is 2.27. The zero-order valence-corrected chi connectivity index (χ0v) is 9.14. The van der Waals surface area contributed by atoms with E-state index < -0.39 is 11.9 Å². The molecule has 4 nitrogen and oxygen atoms in total. The maximum Gasteiger partial charge on any atom is 0.308 e. The second-order valence-electron chi connectivity index (χ2n) is 3.66. The lowest BCUT2D eigenvalue weighted by molar-refractivity contribution is -0.141. The number of carbonyl (C=O) groups is 2. The van der Waals surface area contributed by atoms with Crippen LogP contribution in [-0.2, 0) is 16.0 Å². The second-order valence-corrected chi connectivity index (χ2v) is 3.66. The van der Waals surface area contributed by atoms with E-state index in [0.29, 0.717) is 6.42 Å². The summed E-state index contributed by atoms with van der Waals surface area (Å²) >= 11 is 0. The predicted molar refractivity (Wildman–Crippen MR) is 60.0 cm³/mol. The van der Waals surface area contributed by atoms with Gasteiger partial charge >= 0.3 is 5.97 Å². The average molecular weight is 221 g/mol. The molecular weight excluding hydrogens is 206 g/mol. The van der Waals surface area contributed by atoms with Crippen molar-refractivity contribution in [1.82, 2.24) is 5.32 Å². The third kappa shape index (κ3) is 4.13. The molecule has 1 atom stereocenters. The first-order valence-electron chi connectivity index (χ1n) is 5.10. The minimum absolute atomic E-state index is 0.166. The van der Waals surface area contributed by atoms with Gasteiger partial charge in [-0.2, -0.15) is 0 Å². The summed E-state index contributed by atoms with van der Waals surface area (Å²) in [6, 6.07) is 9.37. The number of hydrogen-bond donors (Lipinski definition) is 2. The third-order valence-corrected chi connectivity index (χ3v) is 2.27. The lowest BCUT2D eigenvalue weighted by Crippen LogP contribution is -2.32. The minimum atomic E-state index is -0.891. The Bertz CT molecular complexity index is 362. The number of nitrogens with one attached hydrogen (secondary N) is 1. The fourth-order valence-corrected chi connectivity index (χ4v) is 1.41. The van der Waals surface area contributed by atoms with Crippen LogP contribution in [0.1, 0.15) is 12.5 Å². The molecule has 0 spiro atoms. The van der Waals surface area contributed by atoms with Crippen LogP contribution < -0.4 is 5.32 Å². The summed E-state index contributed by atoms with van der Waals surface area (Å²) in [6.07, 6.45) is 0.427. The molecule has 0 aliphatic carbocycles. The standard InChI is InChI=1S/C12H15NO3/c1-9(14)13-8-11(12(15)16)7-10-5-3-2-4-6-10/h2-6,11H,7-8H2,1H3,(H,13,14)(H,15,16)/t11-/m1/s1. The first-order chi connectivity index (χ1) is 7.59. The van der Waals surface area contributed by atoms with Crippen molar-refractivity contribution in [3.8, 4) is 0 Å². The lowest BCUT2D eigenvalue weighted by Gasteiger charge is -2.12. The van der Waals surface area contributed by atoms with Crippen molar-refractivity contribution in [1.29, 1.82) is 0 Å². The first-order valence-corrected chi connectivity index (χ1v) is 5.10. The van der Waals surface area contributed by atoms with Crippen LogP contribution in [-0.4, -0.2) is 23.5 Å². The molecular formula is C12H15NO3. The van der Waals surface area contributed by atoms with E-state index in [9.17, 15) is 9.59 Å². The number of aliphatic carboxylic acids is 1. The molecule has 0 aliphatic rings. The first kappa shape index (κ1) is 12.2. The lowest BCUT2D eigenvalue weighted by atomic mass is 9.99. The number of benzene rings is 1. The van der Waals surface area contributed by atoms with Gasteiger partial charge in [0.25, 0.3) is 0 Å². The number of carboxylic acid groups (broad SMARTS) is 1. The molecule has 0 aliphatic heterocycles. The topological polar surface area (TPSA) is 66.4 Å². The molecule has 0 saturated heterocycles. The van der Waals surface area contributed by atoms with E-state index >= 15 is 0 Å². The number of hydrogen-bond acceptors (Lipinski definition) is 2. The molecule has 1 rings (SSSR count). The highest BCUT2D eigenvalue weighted by atomic mass is 16.4. The molecule has 0 radical (unpaired) electrons. The van der Waals surface area contributed by atoms with Gasteiger partial charge in [-0.05, 0) is 12.0 Å². The summed E-state index contributed by atoms with van der Waals surface area (Å²) in [7, 11) is 0. The van der Waals surface area contributed by atoms with E-state index in [1.54, 1.807) is 0 Å². The number of carboxylic acids is 1. The van der Waals surface area contributed by atoms with Crippen LogP contribution in [0.25, 0.3) is 0 Å². The SMILES string of the molecule is CC(=O)NC[C@@H](Cc1ccccc1)C(=O)O. The molecule has 16 heavy (non-hydrogen) atoms. The highest BCUT2D eigenvalue weighted by Gasteiger charge is 2.17. The molecule has 0 aromatic heterocycles. The van der Waals surface area contributed by atoms with Crippen LogP contribution in [0.3, 0.4) is 0 Å². The molecule has 1 amide bonds. The van der Waals surface area contributed by atoms with E-state index in [0.717, 1.165) is 5.56 Å². The Hall–Kier alpha value is -1.84. The summed E-state index contributed by atoms with van der Waals surface area (Å²) in [5.74, 6) is -1.68. The Labute approximate surface area is 94.3 Å². The van der Waals surface area contributed by atoms with Gasteiger partial charge in [-0.1, -0.05) is 30.3 Å². The van der Waals surface area contributed by atoms with Crippen LogP contribution >= 0.6 is 0 Å². The van der Waals surface area contributed by atoms with Gasteiger partial charge in [-0.15, -0.1) is 0 Å². The smallest absolute Gasteiger partial charge is 0.308 e. The van der Waals surface area contributed by atoms with Gasteiger partial charge < -0.3 is 10.4 Å². The van der Waals surface area contributed by atoms with Gasteiger partial charge in [0.1, 0.15) is 0 Å². The summed E-state index contributed by atoms with van der Waals surface area (Å²) in [6.45, 7) is 1.54. The summed E-state index contributed by atoms with van der Waals surface area (Å²) in [5.41, 5.74) is 0.959. The van der Waals surface area contributed by atoms with Crippen molar-refractivity contribution >= 4 is 11.9 Å². The molecule has 86 valence electrons. The van der Waals surface area contributed by atoms with Gasteiger partial charge in [-0.25, -0.2) is 0 Å². The van der Waals surface area contributed by atoms with Crippen LogP contribution in [0.15, 0.2) is 30.3 Å². The van der Waals surface area contributed by atoms with Crippen molar-refractivity contribution < 1.29 is 14.7 Å². The molecule has 4 heteroatoms. The van der Waals surface area contributed by atoms with Gasteiger partial charge in [0.15, 0.2) is 0 Å². The summed E-state index contributed by atoms with van der Waals surface area (Å²) < 4.78 is 0. The molecule has 0 bridgehead atoms. The van der Waals surface area contributed by atoms with Crippen molar-refractivity contribution in [2.24, 2.45) is 5.92 Å². The Morgan fingerprint density at radius 3 is 2.44 bits per heavy atom. The number of amides is 1. The molecule has 0 saturated carbocycles. The number of rotatable bonds is 5. The summed E-state index contributed by atoms with van der Waals surface area (Å²) in [5, 5.41) is 11.5. The normalized spacial score (nSPS) is 11.8. The highest BCUT2D eigenvalue weighted by molar-refractivity contribution is 5.75. The van der Waals surface area contributed by atoms with Crippen molar-refractivity contribution in [3.63, 3.8) is 0 Å². The van der Waals surface area contributed by atoms with Gasteiger partial charge in [0.2, 0.25) is 5.91 Å². The predicted octanol–water partition coefficient (Wildman–Crippen LogP) is 1.07. The Balaban J connectivity index is 2.58. The van der Waals surface area contributed by atoms with Gasteiger partial charge in [-0.3, -0.25) is 9.59 Å². The van der Waals surface area contributed by atoms with Crippen molar-refractivity contribution in [3.05, 3.63) is 35.9 Å². The zero-order chi connectivity index (χ0) is 12.0. The molecule has 1 aromatic carbocycles. The molecule has 2 N–H and O–H groups in total. The van der Waals surface area contributed by atoms with Crippen LogP contribution in [0.2, 0.25) is 0 Å². The Morgan fingerprint density at radius 1 is 1.31 bits per heavy atom.